The van der Waals surface area contributed by atoms with E-state index in [1.165, 1.54) is 11.8 Å². The number of hydrogen-bond donors (Lipinski definition) is 1. The van der Waals surface area contributed by atoms with Crippen LogP contribution in [0, 0.1) is 13.8 Å². The van der Waals surface area contributed by atoms with E-state index in [0.29, 0.717) is 5.17 Å². The van der Waals surface area contributed by atoms with E-state index < -0.39 is 5.25 Å². The number of rotatable bonds is 5. The van der Waals surface area contributed by atoms with Crippen molar-refractivity contribution in [2.75, 3.05) is 5.32 Å². The number of amides is 2. The second kappa shape index (κ2) is 9.56. The summed E-state index contributed by atoms with van der Waals surface area (Å²) >= 11 is 2.97. The maximum atomic E-state index is 12.7. The van der Waals surface area contributed by atoms with Gasteiger partial charge in [0.1, 0.15) is 5.25 Å². The summed E-state index contributed by atoms with van der Waals surface area (Å²) in [7, 11) is 0. The van der Waals surface area contributed by atoms with Crippen LogP contribution in [0.5, 0.6) is 0 Å². The molecule has 8 heteroatoms. The van der Waals surface area contributed by atoms with Gasteiger partial charge in [0, 0.05) is 18.5 Å². The van der Waals surface area contributed by atoms with E-state index >= 15 is 0 Å². The van der Waals surface area contributed by atoms with Crippen molar-refractivity contribution in [3.63, 3.8) is 0 Å². The van der Waals surface area contributed by atoms with Gasteiger partial charge in [-0.15, -0.1) is 11.3 Å². The summed E-state index contributed by atoms with van der Waals surface area (Å²) in [6.07, 6.45) is 0.797. The lowest BCUT2D eigenvalue weighted by Crippen LogP contribution is -2.25. The summed E-state index contributed by atoms with van der Waals surface area (Å²) < 4.78 is 0. The molecule has 5 rings (SSSR count). The molecule has 2 aromatic carbocycles. The number of aliphatic imine (C=N–C) groups is 1. The highest BCUT2D eigenvalue weighted by molar-refractivity contribution is 8.15. The number of anilines is 1. The largest absolute Gasteiger partial charge is 0.326 e. The van der Waals surface area contributed by atoms with Crippen molar-refractivity contribution in [1.82, 2.24) is 5.01 Å². The monoisotopic (exact) mass is 488 g/mol. The Kier molecular flexibility index (Phi) is 6.34. The summed E-state index contributed by atoms with van der Waals surface area (Å²) in [5.41, 5.74) is 4.99. The van der Waals surface area contributed by atoms with Gasteiger partial charge in [0.15, 0.2) is 5.17 Å². The SMILES string of the molecule is Cc1cc(C)cc(NC(=O)C[C@@H]2SC(N3N=C(c4cccs4)C[C@@H]3c3ccccc3)=NC2=O)c1. The third-order valence-electron chi connectivity index (χ3n) is 5.70. The second-order valence-electron chi connectivity index (χ2n) is 8.47. The molecule has 0 unspecified atom stereocenters. The zero-order valence-corrected chi connectivity index (χ0v) is 20.5. The molecule has 0 radical (unpaired) electrons. The Hall–Kier alpha value is -3.23. The smallest absolute Gasteiger partial charge is 0.262 e. The van der Waals surface area contributed by atoms with Crippen LogP contribution in [0.2, 0.25) is 0 Å². The zero-order chi connectivity index (χ0) is 23.7. The van der Waals surface area contributed by atoms with Crippen molar-refractivity contribution in [2.24, 2.45) is 10.1 Å². The molecule has 2 atom stereocenters. The van der Waals surface area contributed by atoms with Crippen LogP contribution in [0.15, 0.2) is 76.1 Å². The third kappa shape index (κ3) is 4.83. The first-order valence-corrected chi connectivity index (χ1v) is 12.8. The number of thiophene rings is 1. The number of carbonyl (C=O) groups is 2. The maximum Gasteiger partial charge on any atom is 0.262 e. The molecule has 0 aliphatic carbocycles. The van der Waals surface area contributed by atoms with Gasteiger partial charge < -0.3 is 5.32 Å². The molecule has 2 aliphatic heterocycles. The van der Waals surface area contributed by atoms with Crippen LogP contribution in [0.4, 0.5) is 5.69 Å². The Labute approximate surface area is 206 Å². The van der Waals surface area contributed by atoms with E-state index in [0.717, 1.165) is 39.4 Å². The van der Waals surface area contributed by atoms with Crippen molar-refractivity contribution < 1.29 is 9.59 Å². The Morgan fingerprint density at radius 3 is 2.56 bits per heavy atom. The summed E-state index contributed by atoms with van der Waals surface area (Å²) in [5, 5.41) is 11.7. The quantitative estimate of drug-likeness (QED) is 0.512. The summed E-state index contributed by atoms with van der Waals surface area (Å²) in [4.78, 5) is 30.8. The minimum absolute atomic E-state index is 0.0415. The van der Waals surface area contributed by atoms with E-state index in [2.05, 4.69) is 34.6 Å². The topological polar surface area (TPSA) is 74.1 Å². The lowest BCUT2D eigenvalue weighted by molar-refractivity contribution is -0.121. The molecule has 1 N–H and O–H groups in total. The number of hydrazone groups is 1. The molecular formula is C26H24N4O2S2. The highest BCUT2D eigenvalue weighted by Gasteiger charge is 2.39. The van der Waals surface area contributed by atoms with Gasteiger partial charge in [-0.1, -0.05) is 54.2 Å². The van der Waals surface area contributed by atoms with Gasteiger partial charge in [0.2, 0.25) is 5.91 Å². The van der Waals surface area contributed by atoms with Gasteiger partial charge in [-0.3, -0.25) is 9.59 Å². The first kappa shape index (κ1) is 22.6. The first-order valence-electron chi connectivity index (χ1n) is 11.1. The molecule has 34 heavy (non-hydrogen) atoms. The number of benzene rings is 2. The number of aryl methyl sites for hydroxylation is 2. The fraction of sp³-hybridized carbons (Fsp3) is 0.231. The molecule has 3 aromatic rings. The van der Waals surface area contributed by atoms with Gasteiger partial charge in [0.05, 0.1) is 16.6 Å². The van der Waals surface area contributed by atoms with Crippen LogP contribution in [0.3, 0.4) is 0 Å². The molecule has 6 nitrogen and oxygen atoms in total. The molecule has 172 valence electrons. The minimum atomic E-state index is -0.557. The summed E-state index contributed by atoms with van der Waals surface area (Å²) in [5.74, 6) is -0.488. The van der Waals surface area contributed by atoms with Gasteiger partial charge in [-0.2, -0.15) is 10.1 Å². The number of nitrogens with zero attached hydrogens (tertiary/aromatic N) is 3. The van der Waals surface area contributed by atoms with Gasteiger partial charge in [-0.05, 0) is 54.1 Å². The van der Waals surface area contributed by atoms with Crippen LogP contribution >= 0.6 is 23.1 Å². The molecule has 2 amide bonds. The number of carbonyl (C=O) groups excluding carboxylic acids is 2. The van der Waals surface area contributed by atoms with E-state index in [9.17, 15) is 9.59 Å². The fourth-order valence-electron chi connectivity index (χ4n) is 4.24. The van der Waals surface area contributed by atoms with Crippen LogP contribution in [-0.2, 0) is 9.59 Å². The molecule has 0 bridgehead atoms. The average molecular weight is 489 g/mol. The Morgan fingerprint density at radius 2 is 1.85 bits per heavy atom. The van der Waals surface area contributed by atoms with Crippen LogP contribution in [0.1, 0.15) is 40.5 Å². The number of thioether (sulfide) groups is 1. The molecular weight excluding hydrogens is 464 g/mol. The average Bonchev–Trinajstić information content (AvgIpc) is 3.54. The van der Waals surface area contributed by atoms with Gasteiger partial charge in [0.25, 0.3) is 5.91 Å². The van der Waals surface area contributed by atoms with Gasteiger partial charge in [-0.25, -0.2) is 5.01 Å². The van der Waals surface area contributed by atoms with E-state index in [4.69, 9.17) is 5.10 Å². The predicted octanol–water partition coefficient (Wildman–Crippen LogP) is 5.54. The molecule has 1 aromatic heterocycles. The standard InChI is InChI=1S/C26H24N4O2S2/c1-16-11-17(2)13-19(12-16)27-24(31)15-23-25(32)28-26(34-23)30-21(18-7-4-3-5-8-18)14-20(29-30)22-9-6-10-33-22/h3-13,21,23H,14-15H2,1-2H3,(H,27,31)/t21-,23+/m1/s1. The number of nitrogens with one attached hydrogen (secondary N) is 1. The van der Waals surface area contributed by atoms with Crippen LogP contribution in [0.25, 0.3) is 0 Å². The van der Waals surface area contributed by atoms with Crippen LogP contribution in [-0.4, -0.2) is 33.0 Å². The van der Waals surface area contributed by atoms with Crippen molar-refractivity contribution in [3.8, 4) is 0 Å². The molecule has 0 saturated heterocycles. The van der Waals surface area contributed by atoms with E-state index in [-0.39, 0.29) is 24.3 Å². The Balaban J connectivity index is 1.32. The molecule has 3 heterocycles. The number of amidine groups is 1. The molecule has 2 aliphatic rings. The van der Waals surface area contributed by atoms with Crippen molar-refractivity contribution >= 4 is 51.5 Å². The molecule has 0 saturated carbocycles. The van der Waals surface area contributed by atoms with Crippen molar-refractivity contribution in [2.45, 2.75) is 38.0 Å². The van der Waals surface area contributed by atoms with Crippen molar-refractivity contribution in [1.29, 1.82) is 0 Å². The minimum Gasteiger partial charge on any atom is -0.326 e. The van der Waals surface area contributed by atoms with Gasteiger partial charge >= 0.3 is 0 Å². The number of hydrogen-bond acceptors (Lipinski definition) is 6. The highest BCUT2D eigenvalue weighted by Crippen LogP contribution is 2.39. The predicted molar refractivity (Wildman–Crippen MR) is 139 cm³/mol. The first-order chi connectivity index (χ1) is 16.5. The zero-order valence-electron chi connectivity index (χ0n) is 18.9. The van der Waals surface area contributed by atoms with E-state index in [1.807, 2.05) is 60.6 Å². The Bertz CT molecular complexity index is 1270. The Morgan fingerprint density at radius 1 is 1.09 bits per heavy atom. The second-order valence-corrected chi connectivity index (χ2v) is 10.6. The maximum absolute atomic E-state index is 12.7. The summed E-state index contributed by atoms with van der Waals surface area (Å²) in [6.45, 7) is 3.98. The molecule has 0 fully saturated rings. The molecule has 0 spiro atoms. The highest BCUT2D eigenvalue weighted by atomic mass is 32.2. The summed E-state index contributed by atoms with van der Waals surface area (Å²) in [6, 6.07) is 20.1. The lowest BCUT2D eigenvalue weighted by atomic mass is 10.0. The lowest BCUT2D eigenvalue weighted by Gasteiger charge is -2.23. The van der Waals surface area contributed by atoms with Crippen LogP contribution < -0.4 is 5.32 Å². The fourth-order valence-corrected chi connectivity index (χ4v) is 6.03. The van der Waals surface area contributed by atoms with E-state index in [1.54, 1.807) is 11.3 Å². The normalized spacial score (nSPS) is 19.8. The third-order valence-corrected chi connectivity index (χ3v) is 7.76. The van der Waals surface area contributed by atoms with Crippen molar-refractivity contribution in [3.05, 3.63) is 87.6 Å².